The molecule has 23 heavy (non-hydrogen) atoms. The number of aryl methyl sites for hydroxylation is 1. The number of H-pyrrole nitrogens is 1. The topological polar surface area (TPSA) is 96.5 Å². The van der Waals surface area contributed by atoms with Gasteiger partial charge in [-0.25, -0.2) is 0 Å². The summed E-state index contributed by atoms with van der Waals surface area (Å²) in [4.78, 5) is 39.0. The number of ether oxygens (including phenoxy) is 1. The number of carbonyl (C=O) groups excluding carboxylic acids is 1. The van der Waals surface area contributed by atoms with E-state index in [2.05, 4.69) is 4.98 Å². The van der Waals surface area contributed by atoms with Crippen molar-refractivity contribution in [1.29, 1.82) is 0 Å². The Kier molecular flexibility index (Phi) is 3.14. The molecule has 1 aromatic heterocycles. The van der Waals surface area contributed by atoms with Crippen molar-refractivity contribution in [2.45, 2.75) is 23.1 Å². The maximum atomic E-state index is 12.4. The zero-order chi connectivity index (χ0) is 16.3. The lowest BCUT2D eigenvalue weighted by atomic mass is 9.79. The number of hydrogen-bond donors (Lipinski definition) is 2. The lowest BCUT2D eigenvalue weighted by Crippen LogP contribution is -2.44. The Labute approximate surface area is 138 Å². The zero-order valence-corrected chi connectivity index (χ0v) is 13.5. The largest absolute Gasteiger partial charge is 0.480 e. The summed E-state index contributed by atoms with van der Waals surface area (Å²) in [5.74, 6) is -2.52. The molecule has 1 aromatic carbocycles. The number of carbonyl (C=O) groups is 2. The Balaban J connectivity index is 2.00. The maximum absolute atomic E-state index is 12.4. The first kappa shape index (κ1) is 14.5. The molecule has 2 aromatic rings. The van der Waals surface area contributed by atoms with Gasteiger partial charge in [0, 0.05) is 16.4 Å². The molecule has 0 radical (unpaired) electrons. The quantitative estimate of drug-likeness (QED) is 0.604. The van der Waals surface area contributed by atoms with Gasteiger partial charge in [-0.15, -0.1) is 0 Å². The van der Waals surface area contributed by atoms with Crippen LogP contribution in [0.15, 0.2) is 28.0 Å². The van der Waals surface area contributed by atoms with Crippen LogP contribution in [-0.4, -0.2) is 27.3 Å². The molecule has 0 aliphatic carbocycles. The average molecular weight is 349 g/mol. The third-order valence-electron chi connectivity index (χ3n) is 4.08. The molecule has 3 heterocycles. The molecule has 0 spiro atoms. The fourth-order valence-electron chi connectivity index (χ4n) is 3.14. The fraction of sp³-hybridized carbons (Fsp3) is 0.267. The van der Waals surface area contributed by atoms with Gasteiger partial charge in [-0.05, 0) is 13.0 Å². The van der Waals surface area contributed by atoms with Gasteiger partial charge in [0.05, 0.1) is 10.9 Å². The molecule has 8 heteroatoms. The molecule has 0 amide bonds. The van der Waals surface area contributed by atoms with Crippen LogP contribution in [-0.2, 0) is 9.59 Å². The number of aromatic nitrogens is 1. The van der Waals surface area contributed by atoms with Gasteiger partial charge in [0.25, 0.3) is 0 Å². The molecule has 6 nitrogen and oxygen atoms in total. The monoisotopic (exact) mass is 349 g/mol. The van der Waals surface area contributed by atoms with Crippen molar-refractivity contribution in [3.63, 3.8) is 0 Å². The smallest absolute Gasteiger partial charge is 0.317 e. The number of thiazole rings is 1. The van der Waals surface area contributed by atoms with Gasteiger partial charge in [0.15, 0.2) is 0 Å². The minimum atomic E-state index is -1.09. The number of aromatic amines is 1. The van der Waals surface area contributed by atoms with E-state index >= 15 is 0 Å². The molecular weight excluding hydrogens is 338 g/mol. The van der Waals surface area contributed by atoms with E-state index < -0.39 is 29.0 Å². The highest BCUT2D eigenvalue weighted by molar-refractivity contribution is 8.00. The highest BCUT2D eigenvalue weighted by Gasteiger charge is 2.51. The normalized spacial score (nSPS) is 25.1. The number of hydrogen-bond acceptors (Lipinski definition) is 6. The number of nitrogens with one attached hydrogen (secondary N) is 1. The Bertz CT molecular complexity index is 900. The Morgan fingerprint density at radius 3 is 2.87 bits per heavy atom. The molecule has 118 valence electrons. The Hall–Kier alpha value is -2.06. The first-order chi connectivity index (χ1) is 11.0. The van der Waals surface area contributed by atoms with Crippen LogP contribution in [0.2, 0.25) is 0 Å². The number of carboxylic acids is 1. The first-order valence-electron chi connectivity index (χ1n) is 6.90. The van der Waals surface area contributed by atoms with Crippen molar-refractivity contribution < 1.29 is 19.4 Å². The van der Waals surface area contributed by atoms with E-state index in [1.165, 1.54) is 0 Å². The first-order valence-corrected chi connectivity index (χ1v) is 8.60. The number of rotatable bonds is 1. The van der Waals surface area contributed by atoms with Crippen LogP contribution < -0.4 is 9.61 Å². The second kappa shape index (κ2) is 4.97. The van der Waals surface area contributed by atoms with Crippen molar-refractivity contribution in [2.24, 2.45) is 5.92 Å². The lowest BCUT2D eigenvalue weighted by molar-refractivity contribution is -0.147. The predicted octanol–water partition coefficient (Wildman–Crippen LogP) is 1.97. The SMILES string of the molecule is Cc1ccc2c(c1)[C@H]1c3sc(=O)[nH]c3S[C@H](C(=O)O)[C@H]1C(=O)O2. The van der Waals surface area contributed by atoms with Gasteiger partial charge in [-0.2, -0.15) is 0 Å². The molecule has 4 rings (SSSR count). The number of carboxylic acid groups (broad SMARTS) is 1. The van der Waals surface area contributed by atoms with E-state index in [0.29, 0.717) is 15.7 Å². The van der Waals surface area contributed by atoms with E-state index in [0.717, 1.165) is 34.2 Å². The van der Waals surface area contributed by atoms with E-state index in [1.807, 2.05) is 19.1 Å². The zero-order valence-electron chi connectivity index (χ0n) is 11.9. The number of fused-ring (bicyclic) bond motifs is 5. The number of benzene rings is 1. The minimum absolute atomic E-state index is 0.250. The number of esters is 1. The van der Waals surface area contributed by atoms with E-state index in [-0.39, 0.29) is 4.87 Å². The predicted molar refractivity (Wildman–Crippen MR) is 84.4 cm³/mol. The maximum Gasteiger partial charge on any atom is 0.317 e. The molecule has 2 aliphatic rings. The molecule has 2 N–H and O–H groups in total. The van der Waals surface area contributed by atoms with E-state index in [9.17, 15) is 19.5 Å². The van der Waals surface area contributed by atoms with Gasteiger partial charge in [0.1, 0.15) is 11.0 Å². The summed E-state index contributed by atoms with van der Waals surface area (Å²) in [5, 5.41) is 9.06. The van der Waals surface area contributed by atoms with Crippen LogP contribution in [0.3, 0.4) is 0 Å². The van der Waals surface area contributed by atoms with Crippen molar-refractivity contribution >= 4 is 35.0 Å². The van der Waals surface area contributed by atoms with Crippen LogP contribution >= 0.6 is 23.1 Å². The van der Waals surface area contributed by atoms with Gasteiger partial charge >= 0.3 is 16.8 Å². The highest BCUT2D eigenvalue weighted by atomic mass is 32.2. The van der Waals surface area contributed by atoms with Gasteiger partial charge in [0.2, 0.25) is 0 Å². The van der Waals surface area contributed by atoms with Gasteiger partial charge in [-0.3, -0.25) is 14.4 Å². The second-order valence-corrected chi connectivity index (χ2v) is 7.72. The van der Waals surface area contributed by atoms with Crippen molar-refractivity contribution in [1.82, 2.24) is 4.98 Å². The van der Waals surface area contributed by atoms with Gasteiger partial charge in [-0.1, -0.05) is 40.8 Å². The Morgan fingerprint density at radius 2 is 2.13 bits per heavy atom. The van der Waals surface area contributed by atoms with Crippen molar-refractivity contribution in [3.8, 4) is 5.75 Å². The van der Waals surface area contributed by atoms with E-state index in [4.69, 9.17) is 4.74 Å². The van der Waals surface area contributed by atoms with Crippen molar-refractivity contribution in [3.05, 3.63) is 43.9 Å². The fourth-order valence-corrected chi connectivity index (χ4v) is 5.53. The van der Waals surface area contributed by atoms with Crippen LogP contribution in [0.5, 0.6) is 5.75 Å². The summed E-state index contributed by atoms with van der Waals surface area (Å²) in [6.07, 6.45) is 0. The average Bonchev–Trinajstić information content (AvgIpc) is 2.86. The Morgan fingerprint density at radius 1 is 1.35 bits per heavy atom. The molecule has 0 fully saturated rings. The molecular formula is C15H11NO5S2. The molecule has 0 saturated heterocycles. The minimum Gasteiger partial charge on any atom is -0.480 e. The van der Waals surface area contributed by atoms with Crippen LogP contribution in [0.25, 0.3) is 0 Å². The second-order valence-electron chi connectivity index (χ2n) is 5.55. The summed E-state index contributed by atoms with van der Waals surface area (Å²) < 4.78 is 5.36. The molecule has 2 aliphatic heterocycles. The number of aliphatic carboxylic acids is 1. The van der Waals surface area contributed by atoms with E-state index in [1.54, 1.807) is 6.07 Å². The van der Waals surface area contributed by atoms with Crippen LogP contribution in [0.1, 0.15) is 21.9 Å². The van der Waals surface area contributed by atoms with Crippen LogP contribution in [0, 0.1) is 12.8 Å². The molecule has 3 atom stereocenters. The number of thioether (sulfide) groups is 1. The summed E-state index contributed by atoms with van der Waals surface area (Å²) in [7, 11) is 0. The van der Waals surface area contributed by atoms with Crippen LogP contribution in [0.4, 0.5) is 0 Å². The summed E-state index contributed by atoms with van der Waals surface area (Å²) in [6.45, 7) is 1.92. The summed E-state index contributed by atoms with van der Waals surface area (Å²) in [6, 6.07) is 5.44. The molecule has 0 saturated carbocycles. The van der Waals surface area contributed by atoms with Gasteiger partial charge < -0.3 is 14.8 Å². The standard InChI is InChI=1S/C15H11NO5S2/c1-5-2-3-7-6(4-5)8-9(14(19)21-7)11(13(17)18)22-12-10(8)23-15(20)16-12/h2-4,8-9,11H,1H3,(H,16,20)(H,17,18)/t8-,9+,11+/m1/s1. The lowest BCUT2D eigenvalue weighted by Gasteiger charge is -2.37. The molecule has 0 unspecified atom stereocenters. The summed E-state index contributed by atoms with van der Waals surface area (Å²) >= 11 is 2.04. The highest BCUT2D eigenvalue weighted by Crippen LogP contribution is 2.53. The third kappa shape index (κ3) is 2.13. The molecule has 0 bridgehead atoms. The summed E-state index contributed by atoms with van der Waals surface area (Å²) in [5.41, 5.74) is 1.74. The van der Waals surface area contributed by atoms with Crippen molar-refractivity contribution in [2.75, 3.05) is 0 Å². The third-order valence-corrected chi connectivity index (χ3v) is 6.48.